The minimum Gasteiger partial charge on any atom is -0.465 e. The molecule has 26 heavy (non-hydrogen) atoms. The van der Waals surface area contributed by atoms with Crippen molar-refractivity contribution in [1.29, 1.82) is 0 Å². The Labute approximate surface area is 155 Å². The number of hydrogen-bond acceptors (Lipinski definition) is 4. The summed E-state index contributed by atoms with van der Waals surface area (Å²) in [5.74, 6) is 3.27. The van der Waals surface area contributed by atoms with Gasteiger partial charge in [-0.25, -0.2) is 0 Å². The highest BCUT2D eigenvalue weighted by Crippen LogP contribution is 2.21. The van der Waals surface area contributed by atoms with Crippen LogP contribution in [0.1, 0.15) is 43.0 Å². The SMILES string of the molecule is Cc1ccc(CNC(=O)CC[C@@H]2CCCN(C/C=C/c3ccco3)C2)o1. The molecule has 5 nitrogen and oxygen atoms in total. The molecule has 0 spiro atoms. The number of likely N-dealkylation sites (tertiary alicyclic amines) is 1. The van der Waals surface area contributed by atoms with Gasteiger partial charge in [0.1, 0.15) is 17.3 Å². The minimum atomic E-state index is 0.105. The topological polar surface area (TPSA) is 58.6 Å². The number of carbonyl (C=O) groups is 1. The monoisotopic (exact) mass is 356 g/mol. The van der Waals surface area contributed by atoms with Gasteiger partial charge in [0.05, 0.1) is 12.8 Å². The molecule has 140 valence electrons. The van der Waals surface area contributed by atoms with Crippen LogP contribution in [0.25, 0.3) is 6.08 Å². The van der Waals surface area contributed by atoms with Gasteiger partial charge in [-0.3, -0.25) is 9.69 Å². The van der Waals surface area contributed by atoms with Crippen molar-refractivity contribution in [2.75, 3.05) is 19.6 Å². The molecule has 1 saturated heterocycles. The fraction of sp³-hybridized carbons (Fsp3) is 0.476. The fourth-order valence-electron chi connectivity index (χ4n) is 3.45. The zero-order valence-corrected chi connectivity index (χ0v) is 15.4. The normalized spacial score (nSPS) is 18.4. The summed E-state index contributed by atoms with van der Waals surface area (Å²) in [6, 6.07) is 7.68. The third-order valence-corrected chi connectivity index (χ3v) is 4.83. The number of nitrogens with one attached hydrogen (secondary N) is 1. The van der Waals surface area contributed by atoms with E-state index in [9.17, 15) is 4.79 Å². The van der Waals surface area contributed by atoms with E-state index >= 15 is 0 Å². The van der Waals surface area contributed by atoms with Crippen LogP contribution >= 0.6 is 0 Å². The van der Waals surface area contributed by atoms with E-state index in [2.05, 4.69) is 16.3 Å². The molecule has 0 aromatic carbocycles. The lowest BCUT2D eigenvalue weighted by Crippen LogP contribution is -2.36. The Morgan fingerprint density at radius 2 is 2.31 bits per heavy atom. The van der Waals surface area contributed by atoms with Crippen LogP contribution in [-0.4, -0.2) is 30.4 Å². The highest BCUT2D eigenvalue weighted by atomic mass is 16.3. The summed E-state index contributed by atoms with van der Waals surface area (Å²) in [7, 11) is 0. The molecule has 2 aromatic heterocycles. The summed E-state index contributed by atoms with van der Waals surface area (Å²) in [4.78, 5) is 14.5. The number of amides is 1. The fourth-order valence-corrected chi connectivity index (χ4v) is 3.45. The third-order valence-electron chi connectivity index (χ3n) is 4.83. The van der Waals surface area contributed by atoms with Crippen molar-refractivity contribution in [2.24, 2.45) is 5.92 Å². The van der Waals surface area contributed by atoms with Gasteiger partial charge in [0.15, 0.2) is 0 Å². The molecule has 0 aliphatic carbocycles. The van der Waals surface area contributed by atoms with Gasteiger partial charge in [-0.15, -0.1) is 0 Å². The van der Waals surface area contributed by atoms with E-state index in [0.29, 0.717) is 18.9 Å². The first-order chi connectivity index (χ1) is 12.7. The first-order valence-electron chi connectivity index (χ1n) is 9.43. The van der Waals surface area contributed by atoms with Crippen molar-refractivity contribution in [3.63, 3.8) is 0 Å². The van der Waals surface area contributed by atoms with Crippen molar-refractivity contribution >= 4 is 12.0 Å². The van der Waals surface area contributed by atoms with Gasteiger partial charge in [0, 0.05) is 19.5 Å². The van der Waals surface area contributed by atoms with Gasteiger partial charge in [-0.05, 0) is 69.0 Å². The van der Waals surface area contributed by atoms with E-state index in [1.54, 1.807) is 6.26 Å². The zero-order valence-electron chi connectivity index (χ0n) is 15.4. The second kappa shape index (κ2) is 9.43. The predicted molar refractivity (Wildman–Crippen MR) is 101 cm³/mol. The number of carbonyl (C=O) groups excluding carboxylic acids is 1. The van der Waals surface area contributed by atoms with Gasteiger partial charge < -0.3 is 14.2 Å². The van der Waals surface area contributed by atoms with Crippen molar-refractivity contribution in [3.05, 3.63) is 53.9 Å². The number of furan rings is 2. The molecule has 0 radical (unpaired) electrons. The van der Waals surface area contributed by atoms with Crippen LogP contribution in [0.2, 0.25) is 0 Å². The molecular weight excluding hydrogens is 328 g/mol. The summed E-state index contributed by atoms with van der Waals surface area (Å²) in [6.07, 6.45) is 9.80. The highest BCUT2D eigenvalue weighted by molar-refractivity contribution is 5.75. The van der Waals surface area contributed by atoms with E-state index in [-0.39, 0.29) is 5.91 Å². The number of nitrogens with zero attached hydrogens (tertiary/aromatic N) is 1. The summed E-state index contributed by atoms with van der Waals surface area (Å²) in [5.41, 5.74) is 0. The van der Waals surface area contributed by atoms with Gasteiger partial charge in [0.2, 0.25) is 5.91 Å². The molecule has 2 aromatic rings. The Balaban J connectivity index is 1.34. The Bertz CT molecular complexity index is 703. The van der Waals surface area contributed by atoms with Crippen LogP contribution in [0.4, 0.5) is 0 Å². The molecule has 1 aliphatic rings. The third kappa shape index (κ3) is 5.92. The van der Waals surface area contributed by atoms with Crippen LogP contribution in [0, 0.1) is 12.8 Å². The predicted octanol–water partition coefficient (Wildman–Crippen LogP) is 4.00. The van der Waals surface area contributed by atoms with Crippen molar-refractivity contribution in [1.82, 2.24) is 10.2 Å². The second-order valence-electron chi connectivity index (χ2n) is 7.01. The van der Waals surface area contributed by atoms with Crippen LogP contribution in [0.5, 0.6) is 0 Å². The van der Waals surface area contributed by atoms with Gasteiger partial charge >= 0.3 is 0 Å². The molecule has 3 heterocycles. The van der Waals surface area contributed by atoms with Gasteiger partial charge in [-0.2, -0.15) is 0 Å². The molecule has 0 bridgehead atoms. The summed E-state index contributed by atoms with van der Waals surface area (Å²) in [6.45, 7) is 5.50. The van der Waals surface area contributed by atoms with Crippen LogP contribution in [-0.2, 0) is 11.3 Å². The lowest BCUT2D eigenvalue weighted by molar-refractivity contribution is -0.121. The Hall–Kier alpha value is -2.27. The quantitative estimate of drug-likeness (QED) is 0.777. The standard InChI is InChI=1S/C21H28N2O3/c1-17-8-10-20(26-17)15-22-21(24)11-9-18-5-2-12-23(16-18)13-3-6-19-7-4-14-25-19/h3-4,6-8,10,14,18H,2,5,9,11-13,15-16H2,1H3,(H,22,24)/b6-3+/t18-/m0/s1. The van der Waals surface area contributed by atoms with E-state index in [0.717, 1.165) is 43.3 Å². The van der Waals surface area contributed by atoms with E-state index < -0.39 is 0 Å². The van der Waals surface area contributed by atoms with E-state index in [1.165, 1.54) is 12.8 Å². The molecule has 1 atom stereocenters. The Morgan fingerprint density at radius 1 is 1.38 bits per heavy atom. The molecule has 1 aliphatic heterocycles. The van der Waals surface area contributed by atoms with E-state index in [4.69, 9.17) is 8.83 Å². The zero-order chi connectivity index (χ0) is 18.2. The molecule has 0 unspecified atom stereocenters. The first kappa shape index (κ1) is 18.5. The molecule has 1 fully saturated rings. The molecule has 0 saturated carbocycles. The average Bonchev–Trinajstić information content (AvgIpc) is 3.30. The van der Waals surface area contributed by atoms with Crippen LogP contribution < -0.4 is 5.32 Å². The summed E-state index contributed by atoms with van der Waals surface area (Å²) < 4.78 is 10.8. The average molecular weight is 356 g/mol. The van der Waals surface area contributed by atoms with E-state index in [1.807, 2.05) is 37.3 Å². The lowest BCUT2D eigenvalue weighted by Gasteiger charge is -2.31. The smallest absolute Gasteiger partial charge is 0.220 e. The van der Waals surface area contributed by atoms with Crippen molar-refractivity contribution in [2.45, 2.75) is 39.2 Å². The number of hydrogen-bond donors (Lipinski definition) is 1. The Kier molecular flexibility index (Phi) is 6.72. The summed E-state index contributed by atoms with van der Waals surface area (Å²) >= 11 is 0. The Morgan fingerprint density at radius 3 is 3.08 bits per heavy atom. The number of aryl methyl sites for hydroxylation is 1. The molecule has 1 N–H and O–H groups in total. The maximum absolute atomic E-state index is 12.1. The molecule has 5 heteroatoms. The maximum atomic E-state index is 12.1. The van der Waals surface area contributed by atoms with Crippen molar-refractivity contribution in [3.8, 4) is 0 Å². The van der Waals surface area contributed by atoms with Gasteiger partial charge in [-0.1, -0.05) is 6.08 Å². The molecular formula is C21H28N2O3. The molecule has 3 rings (SSSR count). The maximum Gasteiger partial charge on any atom is 0.220 e. The largest absolute Gasteiger partial charge is 0.465 e. The minimum absolute atomic E-state index is 0.105. The number of piperidine rings is 1. The lowest BCUT2D eigenvalue weighted by atomic mass is 9.93. The summed E-state index contributed by atoms with van der Waals surface area (Å²) in [5, 5.41) is 2.95. The highest BCUT2D eigenvalue weighted by Gasteiger charge is 2.19. The van der Waals surface area contributed by atoms with Gasteiger partial charge in [0.25, 0.3) is 0 Å². The number of rotatable bonds is 8. The first-order valence-corrected chi connectivity index (χ1v) is 9.43. The van der Waals surface area contributed by atoms with Crippen LogP contribution in [0.3, 0.4) is 0 Å². The van der Waals surface area contributed by atoms with Crippen molar-refractivity contribution < 1.29 is 13.6 Å². The molecule has 1 amide bonds. The second-order valence-corrected chi connectivity index (χ2v) is 7.01. The van der Waals surface area contributed by atoms with Crippen LogP contribution in [0.15, 0.2) is 45.4 Å².